The molecule has 72 valence electrons. The van der Waals surface area contributed by atoms with Gasteiger partial charge in [-0.05, 0) is 62.2 Å². The Morgan fingerprint density at radius 1 is 0.692 bits per heavy atom. The fraction of sp³-hybridized carbons (Fsp3) is 1.00. The van der Waals surface area contributed by atoms with Gasteiger partial charge in [-0.1, -0.05) is 0 Å². The summed E-state index contributed by atoms with van der Waals surface area (Å²) in [7, 11) is 0. The maximum Gasteiger partial charge on any atom is 0.0102 e. The lowest BCUT2D eigenvalue weighted by molar-refractivity contribution is 0.0298. The number of rotatable bonds is 0. The summed E-state index contributed by atoms with van der Waals surface area (Å²) in [4.78, 5) is 0. The van der Waals surface area contributed by atoms with Crippen molar-refractivity contribution in [3.05, 3.63) is 0 Å². The van der Waals surface area contributed by atoms with Crippen LogP contribution in [0.2, 0.25) is 0 Å². The van der Waals surface area contributed by atoms with Crippen molar-refractivity contribution in [2.45, 2.75) is 50.6 Å². The minimum absolute atomic E-state index is 0.941. The molecule has 4 rings (SSSR count). The van der Waals surface area contributed by atoms with Crippen LogP contribution in [0, 0.1) is 23.7 Å². The molecular formula is C12H19N. The molecule has 2 heterocycles. The van der Waals surface area contributed by atoms with Gasteiger partial charge in [0.25, 0.3) is 0 Å². The maximum atomic E-state index is 3.84. The van der Waals surface area contributed by atoms with Crippen LogP contribution in [0.1, 0.15) is 38.5 Å². The zero-order valence-electron chi connectivity index (χ0n) is 8.21. The molecule has 2 bridgehead atoms. The second kappa shape index (κ2) is 2.31. The lowest BCUT2D eigenvalue weighted by atomic mass is 9.56. The Bertz CT molecular complexity index is 213. The van der Waals surface area contributed by atoms with Gasteiger partial charge in [-0.3, -0.25) is 0 Å². The van der Waals surface area contributed by atoms with Crippen LogP contribution in [0.3, 0.4) is 0 Å². The standard InChI is InChI=1S/C12H19N/c1-2-8-6-10-9(5-7(1)8)11-3-4-12(10)13-11/h7-13H,1-6H2. The number of fused-ring (bicyclic) bond motifs is 6. The zero-order valence-corrected chi connectivity index (χ0v) is 8.21. The number of hydrogen-bond donors (Lipinski definition) is 1. The Balaban J connectivity index is 1.62. The van der Waals surface area contributed by atoms with Crippen LogP contribution >= 0.6 is 0 Å². The summed E-state index contributed by atoms with van der Waals surface area (Å²) in [6, 6.07) is 1.88. The Labute approximate surface area is 80.3 Å². The fourth-order valence-corrected chi connectivity index (χ4v) is 4.71. The summed E-state index contributed by atoms with van der Waals surface area (Å²) in [5, 5.41) is 3.84. The molecule has 0 aromatic heterocycles. The molecule has 2 saturated heterocycles. The van der Waals surface area contributed by atoms with Crippen LogP contribution < -0.4 is 5.32 Å². The molecule has 2 aliphatic carbocycles. The lowest BCUT2D eigenvalue weighted by Crippen LogP contribution is -2.42. The largest absolute Gasteiger partial charge is 0.311 e. The number of hydrogen-bond acceptors (Lipinski definition) is 1. The molecule has 1 N–H and O–H groups in total. The number of nitrogens with one attached hydrogen (secondary N) is 1. The van der Waals surface area contributed by atoms with Crippen LogP contribution in [-0.2, 0) is 0 Å². The predicted octanol–water partition coefficient (Wildman–Crippen LogP) is 2.17. The van der Waals surface area contributed by atoms with Crippen molar-refractivity contribution < 1.29 is 0 Å². The molecular weight excluding hydrogens is 158 g/mol. The second-order valence-corrected chi connectivity index (χ2v) is 5.85. The maximum absolute atomic E-state index is 3.84. The minimum atomic E-state index is 0.941. The van der Waals surface area contributed by atoms with Gasteiger partial charge in [0.05, 0.1) is 0 Å². The van der Waals surface area contributed by atoms with E-state index in [0.29, 0.717) is 0 Å². The predicted molar refractivity (Wildman–Crippen MR) is 52.4 cm³/mol. The monoisotopic (exact) mass is 177 g/mol. The molecule has 1 nitrogen and oxygen atoms in total. The Kier molecular flexibility index (Phi) is 1.29. The van der Waals surface area contributed by atoms with E-state index in [0.717, 1.165) is 35.8 Å². The third-order valence-corrected chi connectivity index (χ3v) is 5.53. The van der Waals surface area contributed by atoms with E-state index in [2.05, 4.69) is 5.32 Å². The Morgan fingerprint density at radius 2 is 1.23 bits per heavy atom. The van der Waals surface area contributed by atoms with Crippen LogP contribution in [0.15, 0.2) is 0 Å². The van der Waals surface area contributed by atoms with Crippen molar-refractivity contribution in [1.29, 1.82) is 0 Å². The summed E-state index contributed by atoms with van der Waals surface area (Å²) >= 11 is 0. The van der Waals surface area contributed by atoms with Crippen molar-refractivity contribution in [2.24, 2.45) is 23.7 Å². The SMILES string of the molecule is C1CC2CC3C4CCC(N4)C3CC12. The first kappa shape index (κ1) is 7.28. The van der Waals surface area contributed by atoms with Gasteiger partial charge in [-0.2, -0.15) is 0 Å². The quantitative estimate of drug-likeness (QED) is 0.598. The van der Waals surface area contributed by atoms with Gasteiger partial charge >= 0.3 is 0 Å². The molecule has 0 spiro atoms. The van der Waals surface area contributed by atoms with E-state index in [-0.39, 0.29) is 0 Å². The molecule has 0 aromatic rings. The van der Waals surface area contributed by atoms with E-state index in [1.807, 2.05) is 0 Å². The summed E-state index contributed by atoms with van der Waals surface area (Å²) in [6.07, 6.45) is 9.27. The summed E-state index contributed by atoms with van der Waals surface area (Å²) in [6.45, 7) is 0. The first-order valence-electron chi connectivity index (χ1n) is 6.18. The van der Waals surface area contributed by atoms with E-state index in [1.165, 1.54) is 12.8 Å². The zero-order chi connectivity index (χ0) is 8.41. The summed E-state index contributed by atoms with van der Waals surface area (Å²) in [5.74, 6) is 4.50. The van der Waals surface area contributed by atoms with Crippen LogP contribution in [-0.4, -0.2) is 12.1 Å². The molecule has 0 aromatic carbocycles. The Morgan fingerprint density at radius 3 is 1.69 bits per heavy atom. The molecule has 0 amide bonds. The third-order valence-electron chi connectivity index (χ3n) is 5.53. The van der Waals surface area contributed by atoms with E-state index < -0.39 is 0 Å². The molecule has 6 atom stereocenters. The van der Waals surface area contributed by atoms with E-state index in [1.54, 1.807) is 25.7 Å². The van der Waals surface area contributed by atoms with Gasteiger partial charge in [0.2, 0.25) is 0 Å². The Hall–Kier alpha value is -0.0400. The van der Waals surface area contributed by atoms with Gasteiger partial charge in [-0.25, -0.2) is 0 Å². The van der Waals surface area contributed by atoms with Crippen molar-refractivity contribution in [3.63, 3.8) is 0 Å². The average Bonchev–Trinajstić information content (AvgIpc) is 2.67. The third kappa shape index (κ3) is 0.823. The molecule has 0 radical (unpaired) electrons. The van der Waals surface area contributed by atoms with Crippen molar-refractivity contribution >= 4 is 0 Å². The summed E-state index contributed by atoms with van der Waals surface area (Å²) < 4.78 is 0. The molecule has 13 heavy (non-hydrogen) atoms. The molecule has 1 heteroatoms. The minimum Gasteiger partial charge on any atom is -0.311 e. The van der Waals surface area contributed by atoms with Crippen LogP contribution in [0.5, 0.6) is 0 Å². The second-order valence-electron chi connectivity index (χ2n) is 5.85. The first-order valence-corrected chi connectivity index (χ1v) is 6.18. The normalized spacial score (nSPS) is 62.8. The van der Waals surface area contributed by atoms with Crippen molar-refractivity contribution in [1.82, 2.24) is 5.32 Å². The van der Waals surface area contributed by atoms with Gasteiger partial charge in [0.15, 0.2) is 0 Å². The van der Waals surface area contributed by atoms with Gasteiger partial charge < -0.3 is 5.32 Å². The highest BCUT2D eigenvalue weighted by atomic mass is 15.1. The van der Waals surface area contributed by atoms with Gasteiger partial charge in [0, 0.05) is 12.1 Å². The molecule has 4 fully saturated rings. The highest BCUT2D eigenvalue weighted by Crippen LogP contribution is 2.55. The van der Waals surface area contributed by atoms with E-state index >= 15 is 0 Å². The van der Waals surface area contributed by atoms with Crippen molar-refractivity contribution in [3.8, 4) is 0 Å². The smallest absolute Gasteiger partial charge is 0.0102 e. The highest BCUT2D eigenvalue weighted by Gasteiger charge is 2.53. The van der Waals surface area contributed by atoms with Crippen LogP contribution in [0.4, 0.5) is 0 Å². The van der Waals surface area contributed by atoms with Crippen LogP contribution in [0.25, 0.3) is 0 Å². The molecule has 6 unspecified atom stereocenters. The molecule has 4 aliphatic rings. The fourth-order valence-electron chi connectivity index (χ4n) is 4.71. The topological polar surface area (TPSA) is 12.0 Å². The average molecular weight is 177 g/mol. The molecule has 2 saturated carbocycles. The first-order chi connectivity index (χ1) is 6.42. The lowest BCUT2D eigenvalue weighted by Gasteiger charge is -2.48. The molecule has 2 aliphatic heterocycles. The van der Waals surface area contributed by atoms with Crippen molar-refractivity contribution in [2.75, 3.05) is 0 Å². The van der Waals surface area contributed by atoms with E-state index in [4.69, 9.17) is 0 Å². The highest BCUT2D eigenvalue weighted by molar-refractivity contribution is 5.08. The summed E-state index contributed by atoms with van der Waals surface area (Å²) in [5.41, 5.74) is 0. The van der Waals surface area contributed by atoms with Gasteiger partial charge in [-0.15, -0.1) is 0 Å². The van der Waals surface area contributed by atoms with E-state index in [9.17, 15) is 0 Å². The van der Waals surface area contributed by atoms with Gasteiger partial charge in [0.1, 0.15) is 0 Å².